The first-order chi connectivity index (χ1) is 13.0. The number of nitrogens with one attached hydrogen (secondary N) is 2. The molecule has 6 nitrogen and oxygen atoms in total. The van der Waals surface area contributed by atoms with E-state index in [9.17, 15) is 12.8 Å². The van der Waals surface area contributed by atoms with Crippen LogP contribution in [0, 0.1) is 5.82 Å². The van der Waals surface area contributed by atoms with Crippen molar-refractivity contribution in [2.24, 2.45) is 0 Å². The Balaban J connectivity index is 1.55. The summed E-state index contributed by atoms with van der Waals surface area (Å²) in [7, 11) is -3.56. The van der Waals surface area contributed by atoms with E-state index < -0.39 is 10.0 Å². The fourth-order valence-electron chi connectivity index (χ4n) is 2.65. The Morgan fingerprint density at radius 1 is 1.11 bits per heavy atom. The van der Waals surface area contributed by atoms with E-state index in [4.69, 9.17) is 0 Å². The zero-order chi connectivity index (χ0) is 19.3. The van der Waals surface area contributed by atoms with Gasteiger partial charge in [0, 0.05) is 19.4 Å². The van der Waals surface area contributed by atoms with E-state index in [2.05, 4.69) is 19.9 Å². The van der Waals surface area contributed by atoms with E-state index in [1.807, 2.05) is 25.1 Å². The molecule has 27 heavy (non-hydrogen) atoms. The molecule has 0 saturated carbocycles. The molecule has 0 unspecified atom stereocenters. The normalized spacial score (nSPS) is 11.6. The highest BCUT2D eigenvalue weighted by Crippen LogP contribution is 2.11. The molecular formula is C19H21FN4O2S. The molecule has 1 aromatic heterocycles. The van der Waals surface area contributed by atoms with Gasteiger partial charge in [0.2, 0.25) is 10.0 Å². The fraction of sp³-hybridized carbons (Fsp3) is 0.263. The predicted molar refractivity (Wildman–Crippen MR) is 100 cm³/mol. The van der Waals surface area contributed by atoms with Crippen LogP contribution in [0.1, 0.15) is 29.7 Å². The van der Waals surface area contributed by atoms with Crippen LogP contribution in [0.25, 0.3) is 0 Å². The van der Waals surface area contributed by atoms with Crippen LogP contribution >= 0.6 is 0 Å². The number of rotatable bonds is 8. The van der Waals surface area contributed by atoms with Crippen molar-refractivity contribution >= 4 is 10.0 Å². The highest BCUT2D eigenvalue weighted by Gasteiger charge is 2.14. The minimum Gasteiger partial charge on any atom is -0.263 e. The van der Waals surface area contributed by atoms with Crippen molar-refractivity contribution in [2.45, 2.75) is 31.1 Å². The number of H-pyrrole nitrogens is 1. The number of nitrogens with zero attached hydrogens (tertiary/aromatic N) is 2. The average Bonchev–Trinajstić information content (AvgIpc) is 3.09. The number of aryl methyl sites for hydroxylation is 1. The Kier molecular flexibility index (Phi) is 5.98. The second-order valence-corrected chi connectivity index (χ2v) is 7.92. The topological polar surface area (TPSA) is 87.7 Å². The molecule has 0 saturated heterocycles. The number of aromatic nitrogens is 3. The Labute approximate surface area is 157 Å². The van der Waals surface area contributed by atoms with Crippen LogP contribution in [-0.4, -0.2) is 30.1 Å². The molecule has 2 N–H and O–H groups in total. The van der Waals surface area contributed by atoms with Crippen molar-refractivity contribution in [1.82, 2.24) is 19.9 Å². The molecule has 2 aromatic carbocycles. The molecule has 0 aliphatic rings. The van der Waals surface area contributed by atoms with Gasteiger partial charge >= 0.3 is 0 Å². The monoisotopic (exact) mass is 388 g/mol. The van der Waals surface area contributed by atoms with E-state index in [0.29, 0.717) is 24.5 Å². The summed E-state index contributed by atoms with van der Waals surface area (Å²) >= 11 is 0. The van der Waals surface area contributed by atoms with Gasteiger partial charge < -0.3 is 0 Å². The van der Waals surface area contributed by atoms with Gasteiger partial charge in [-0.15, -0.1) is 0 Å². The van der Waals surface area contributed by atoms with Crippen molar-refractivity contribution in [3.05, 3.63) is 77.1 Å². The molecule has 0 atom stereocenters. The van der Waals surface area contributed by atoms with Gasteiger partial charge in [0.25, 0.3) is 0 Å². The molecular weight excluding hydrogens is 367 g/mol. The van der Waals surface area contributed by atoms with Gasteiger partial charge in [-0.2, -0.15) is 5.10 Å². The average molecular weight is 388 g/mol. The van der Waals surface area contributed by atoms with Gasteiger partial charge in [-0.05, 0) is 41.8 Å². The molecule has 0 bridgehead atoms. The number of hydrogen-bond donors (Lipinski definition) is 2. The SMILES string of the molecule is CCc1ccc(S(=O)(=O)NCCc2n[nH]c(Cc3cccc(F)c3)n2)cc1. The Morgan fingerprint density at radius 3 is 2.59 bits per heavy atom. The highest BCUT2D eigenvalue weighted by molar-refractivity contribution is 7.89. The van der Waals surface area contributed by atoms with Crippen LogP contribution in [0.15, 0.2) is 53.4 Å². The van der Waals surface area contributed by atoms with Crippen molar-refractivity contribution in [3.8, 4) is 0 Å². The molecule has 142 valence electrons. The third kappa shape index (κ3) is 5.21. The number of hydrogen-bond acceptors (Lipinski definition) is 4. The van der Waals surface area contributed by atoms with Crippen LogP contribution in [-0.2, 0) is 29.3 Å². The zero-order valence-corrected chi connectivity index (χ0v) is 15.8. The minimum atomic E-state index is -3.56. The van der Waals surface area contributed by atoms with Gasteiger partial charge in [-0.3, -0.25) is 5.10 Å². The van der Waals surface area contributed by atoms with Gasteiger partial charge in [-0.25, -0.2) is 22.5 Å². The van der Waals surface area contributed by atoms with E-state index in [-0.39, 0.29) is 17.3 Å². The molecule has 8 heteroatoms. The first-order valence-corrected chi connectivity index (χ1v) is 10.2. The standard InChI is InChI=1S/C19H21FN4O2S/c1-2-14-6-8-17(9-7-14)27(25,26)21-11-10-18-22-19(24-23-18)13-15-4-3-5-16(20)12-15/h3-9,12,21H,2,10-11,13H2,1H3,(H,22,23,24). The molecule has 0 radical (unpaired) electrons. The maximum atomic E-state index is 13.2. The zero-order valence-electron chi connectivity index (χ0n) is 14.9. The summed E-state index contributed by atoms with van der Waals surface area (Å²) < 4.78 is 40.4. The van der Waals surface area contributed by atoms with E-state index in [0.717, 1.165) is 17.5 Å². The van der Waals surface area contributed by atoms with Crippen molar-refractivity contribution in [1.29, 1.82) is 0 Å². The Bertz CT molecular complexity index is 1000. The lowest BCUT2D eigenvalue weighted by Gasteiger charge is -2.06. The lowest BCUT2D eigenvalue weighted by molar-refractivity contribution is 0.581. The van der Waals surface area contributed by atoms with Gasteiger partial charge in [0.15, 0.2) is 5.82 Å². The summed E-state index contributed by atoms with van der Waals surface area (Å²) in [5, 5.41) is 6.89. The highest BCUT2D eigenvalue weighted by atomic mass is 32.2. The van der Waals surface area contributed by atoms with Crippen molar-refractivity contribution < 1.29 is 12.8 Å². The lowest BCUT2D eigenvalue weighted by atomic mass is 10.1. The second kappa shape index (κ2) is 8.41. The number of halogens is 1. The van der Waals surface area contributed by atoms with Crippen LogP contribution in [0.4, 0.5) is 4.39 Å². The molecule has 3 aromatic rings. The fourth-order valence-corrected chi connectivity index (χ4v) is 3.68. The van der Waals surface area contributed by atoms with Crippen molar-refractivity contribution in [3.63, 3.8) is 0 Å². The summed E-state index contributed by atoms with van der Waals surface area (Å²) in [5.74, 6) is 0.813. The summed E-state index contributed by atoms with van der Waals surface area (Å²) in [5.41, 5.74) is 1.87. The maximum Gasteiger partial charge on any atom is 0.240 e. The smallest absolute Gasteiger partial charge is 0.240 e. The summed E-state index contributed by atoms with van der Waals surface area (Å²) in [6, 6.07) is 13.1. The summed E-state index contributed by atoms with van der Waals surface area (Å²) in [6.45, 7) is 2.20. The molecule has 0 spiro atoms. The second-order valence-electron chi connectivity index (χ2n) is 6.15. The first kappa shape index (κ1) is 19.2. The first-order valence-electron chi connectivity index (χ1n) is 8.69. The minimum absolute atomic E-state index is 0.190. The Morgan fingerprint density at radius 2 is 1.89 bits per heavy atom. The number of benzene rings is 2. The molecule has 0 fully saturated rings. The van der Waals surface area contributed by atoms with Gasteiger partial charge in [0.1, 0.15) is 11.6 Å². The third-order valence-electron chi connectivity index (χ3n) is 4.12. The summed E-state index contributed by atoms with van der Waals surface area (Å²) in [4.78, 5) is 4.56. The van der Waals surface area contributed by atoms with E-state index in [1.54, 1.807) is 18.2 Å². The molecule has 0 aliphatic heterocycles. The lowest BCUT2D eigenvalue weighted by Crippen LogP contribution is -2.26. The molecule has 3 rings (SSSR count). The third-order valence-corrected chi connectivity index (χ3v) is 5.60. The molecule has 1 heterocycles. The largest absolute Gasteiger partial charge is 0.263 e. The molecule has 0 amide bonds. The predicted octanol–water partition coefficient (Wildman–Crippen LogP) is 2.62. The summed E-state index contributed by atoms with van der Waals surface area (Å²) in [6.07, 6.45) is 1.64. The van der Waals surface area contributed by atoms with E-state index >= 15 is 0 Å². The van der Waals surface area contributed by atoms with Crippen LogP contribution < -0.4 is 4.72 Å². The van der Waals surface area contributed by atoms with Crippen LogP contribution in [0.2, 0.25) is 0 Å². The van der Waals surface area contributed by atoms with Crippen LogP contribution in [0.5, 0.6) is 0 Å². The number of sulfonamides is 1. The Hall–Kier alpha value is -2.58. The van der Waals surface area contributed by atoms with E-state index in [1.165, 1.54) is 12.1 Å². The molecule has 0 aliphatic carbocycles. The van der Waals surface area contributed by atoms with Crippen LogP contribution in [0.3, 0.4) is 0 Å². The van der Waals surface area contributed by atoms with Crippen molar-refractivity contribution in [2.75, 3.05) is 6.54 Å². The van der Waals surface area contributed by atoms with Gasteiger partial charge in [0.05, 0.1) is 4.90 Å². The quantitative estimate of drug-likeness (QED) is 0.621. The van der Waals surface area contributed by atoms with Gasteiger partial charge in [-0.1, -0.05) is 31.2 Å². The number of aromatic amines is 1. The maximum absolute atomic E-state index is 13.2.